The Labute approximate surface area is 78.3 Å². The second-order valence-electron chi connectivity index (χ2n) is 2.54. The smallest absolute Gasteiger partial charge is 0.0884 e. The van der Waals surface area contributed by atoms with Crippen LogP contribution in [0.4, 0.5) is 0 Å². The summed E-state index contributed by atoms with van der Waals surface area (Å²) in [7, 11) is 0. The number of rotatable bonds is 2. The molecular weight excluding hydrogens is 224 g/mol. The van der Waals surface area contributed by atoms with Crippen LogP contribution in [0.25, 0.3) is 0 Å². The molecule has 1 heterocycles. The van der Waals surface area contributed by atoms with Crippen LogP contribution in [0.15, 0.2) is 10.7 Å². The Kier molecular flexibility index (Phi) is 2.52. The van der Waals surface area contributed by atoms with Gasteiger partial charge in [-0.25, -0.2) is 0 Å². The van der Waals surface area contributed by atoms with E-state index in [0.717, 1.165) is 10.2 Å². The van der Waals surface area contributed by atoms with Crippen LogP contribution in [0.3, 0.4) is 0 Å². The number of nitrogens with zero attached hydrogens (tertiary/aromatic N) is 2. The van der Waals surface area contributed by atoms with Gasteiger partial charge < -0.3 is 9.90 Å². The van der Waals surface area contributed by atoms with Gasteiger partial charge in [0, 0.05) is 6.20 Å². The van der Waals surface area contributed by atoms with Crippen molar-refractivity contribution < 1.29 is 9.90 Å². The third kappa shape index (κ3) is 1.66. The largest absolute Gasteiger partial charge is 0.548 e. The molecule has 0 amide bonds. The maximum Gasteiger partial charge on any atom is 0.0884 e. The van der Waals surface area contributed by atoms with E-state index in [1.165, 1.54) is 11.6 Å². The van der Waals surface area contributed by atoms with Crippen molar-refractivity contribution in [2.75, 3.05) is 0 Å². The van der Waals surface area contributed by atoms with E-state index in [1.54, 1.807) is 13.1 Å². The lowest BCUT2D eigenvalue weighted by Crippen LogP contribution is -2.31. The van der Waals surface area contributed by atoms with E-state index in [2.05, 4.69) is 21.0 Å². The molecule has 0 bridgehead atoms. The van der Waals surface area contributed by atoms with Crippen LogP contribution < -0.4 is 5.11 Å². The zero-order chi connectivity index (χ0) is 9.30. The molecule has 66 valence electrons. The summed E-state index contributed by atoms with van der Waals surface area (Å²) in [5, 5.41) is 14.4. The molecule has 0 N–H and O–H groups in total. The van der Waals surface area contributed by atoms with Crippen LogP contribution in [-0.2, 0) is 4.79 Å². The van der Waals surface area contributed by atoms with Crippen molar-refractivity contribution in [1.29, 1.82) is 0 Å². The Morgan fingerprint density at radius 3 is 2.75 bits per heavy atom. The topological polar surface area (TPSA) is 58.0 Å². The summed E-state index contributed by atoms with van der Waals surface area (Å²) < 4.78 is 2.16. The van der Waals surface area contributed by atoms with Crippen LogP contribution >= 0.6 is 15.9 Å². The summed E-state index contributed by atoms with van der Waals surface area (Å²) in [5.74, 6) is -1.13. The van der Waals surface area contributed by atoms with Crippen molar-refractivity contribution in [2.24, 2.45) is 0 Å². The molecule has 0 aliphatic carbocycles. The summed E-state index contributed by atoms with van der Waals surface area (Å²) in [6.07, 6.45) is 1.62. The quantitative estimate of drug-likeness (QED) is 0.735. The van der Waals surface area contributed by atoms with Gasteiger partial charge in [-0.3, -0.25) is 4.68 Å². The van der Waals surface area contributed by atoms with Gasteiger partial charge >= 0.3 is 0 Å². The lowest BCUT2D eigenvalue weighted by Gasteiger charge is -2.11. The van der Waals surface area contributed by atoms with E-state index >= 15 is 0 Å². The number of aromatic nitrogens is 2. The molecule has 0 spiro atoms. The van der Waals surface area contributed by atoms with Gasteiger partial charge in [0.25, 0.3) is 0 Å². The van der Waals surface area contributed by atoms with E-state index in [1.807, 2.05) is 0 Å². The van der Waals surface area contributed by atoms with Crippen molar-refractivity contribution in [2.45, 2.75) is 19.9 Å². The number of hydrogen-bond acceptors (Lipinski definition) is 3. The predicted molar refractivity (Wildman–Crippen MR) is 44.4 cm³/mol. The lowest BCUT2D eigenvalue weighted by atomic mass is 10.4. The zero-order valence-electron chi connectivity index (χ0n) is 6.74. The van der Waals surface area contributed by atoms with E-state index in [-0.39, 0.29) is 0 Å². The maximum absolute atomic E-state index is 10.4. The molecule has 1 aromatic rings. The standard InChI is InChI=1S/C7H9BrN2O2/c1-4-6(8)3-10(9-4)5(2)7(11)12/h3,5H,1-2H3,(H,11,12)/p-1/t5-/m0/s1. The van der Waals surface area contributed by atoms with Gasteiger partial charge in [-0.05, 0) is 29.8 Å². The fraction of sp³-hybridized carbons (Fsp3) is 0.429. The number of carboxylic acid groups (broad SMARTS) is 1. The Balaban J connectivity index is 2.96. The minimum atomic E-state index is -1.13. The molecule has 1 atom stereocenters. The number of carbonyl (C=O) groups excluding carboxylic acids is 1. The fourth-order valence-corrected chi connectivity index (χ4v) is 1.05. The number of halogens is 1. The molecule has 0 aliphatic heterocycles. The summed E-state index contributed by atoms with van der Waals surface area (Å²) in [5.41, 5.74) is 0.767. The summed E-state index contributed by atoms with van der Waals surface area (Å²) >= 11 is 3.24. The first-order chi connectivity index (χ1) is 5.52. The lowest BCUT2D eigenvalue weighted by molar-refractivity contribution is -0.310. The van der Waals surface area contributed by atoms with Crippen LogP contribution in [-0.4, -0.2) is 15.7 Å². The molecule has 12 heavy (non-hydrogen) atoms. The summed E-state index contributed by atoms with van der Waals surface area (Å²) in [4.78, 5) is 10.4. The van der Waals surface area contributed by atoms with Crippen LogP contribution in [0.2, 0.25) is 0 Å². The zero-order valence-corrected chi connectivity index (χ0v) is 8.33. The van der Waals surface area contributed by atoms with E-state index in [9.17, 15) is 9.90 Å². The molecular formula is C7H8BrN2O2-. The molecule has 0 aromatic carbocycles. The highest BCUT2D eigenvalue weighted by Crippen LogP contribution is 2.15. The first-order valence-electron chi connectivity index (χ1n) is 3.44. The van der Waals surface area contributed by atoms with Crippen molar-refractivity contribution >= 4 is 21.9 Å². The SMILES string of the molecule is Cc1nn([C@@H](C)C(=O)[O-])cc1Br. The second-order valence-corrected chi connectivity index (χ2v) is 3.39. The fourth-order valence-electron chi connectivity index (χ4n) is 0.766. The number of carbonyl (C=O) groups is 1. The molecule has 1 rings (SSSR count). The monoisotopic (exact) mass is 231 g/mol. The molecule has 4 nitrogen and oxygen atoms in total. The van der Waals surface area contributed by atoms with Crippen LogP contribution in [0.1, 0.15) is 18.7 Å². The van der Waals surface area contributed by atoms with Gasteiger partial charge in [0.2, 0.25) is 0 Å². The van der Waals surface area contributed by atoms with Crippen molar-refractivity contribution in [3.8, 4) is 0 Å². The Hall–Kier alpha value is -0.840. The summed E-state index contributed by atoms with van der Waals surface area (Å²) in [6.45, 7) is 3.32. The van der Waals surface area contributed by atoms with E-state index < -0.39 is 12.0 Å². The van der Waals surface area contributed by atoms with Crippen molar-refractivity contribution in [3.05, 3.63) is 16.4 Å². The van der Waals surface area contributed by atoms with Gasteiger partial charge in [0.15, 0.2) is 0 Å². The number of carboxylic acids is 1. The highest BCUT2D eigenvalue weighted by Gasteiger charge is 2.08. The van der Waals surface area contributed by atoms with E-state index in [0.29, 0.717) is 0 Å². The predicted octanol–water partition coefficient (Wildman–Crippen LogP) is 0.265. The van der Waals surface area contributed by atoms with Gasteiger partial charge in [-0.1, -0.05) is 0 Å². The van der Waals surface area contributed by atoms with Gasteiger partial charge in [0.05, 0.1) is 22.2 Å². The van der Waals surface area contributed by atoms with Crippen molar-refractivity contribution in [1.82, 2.24) is 9.78 Å². The molecule has 0 fully saturated rings. The molecule has 0 unspecified atom stereocenters. The second kappa shape index (κ2) is 3.26. The van der Waals surface area contributed by atoms with Crippen LogP contribution in [0.5, 0.6) is 0 Å². The highest BCUT2D eigenvalue weighted by molar-refractivity contribution is 9.10. The van der Waals surface area contributed by atoms with Crippen molar-refractivity contribution in [3.63, 3.8) is 0 Å². The molecule has 1 aromatic heterocycles. The van der Waals surface area contributed by atoms with Gasteiger partial charge in [-0.15, -0.1) is 0 Å². The maximum atomic E-state index is 10.4. The minimum absolute atomic E-state index is 0.727. The first kappa shape index (κ1) is 9.25. The van der Waals surface area contributed by atoms with Gasteiger partial charge in [0.1, 0.15) is 0 Å². The number of hydrogen-bond donors (Lipinski definition) is 0. The third-order valence-corrected chi connectivity index (χ3v) is 2.37. The molecule has 0 radical (unpaired) electrons. The Morgan fingerprint density at radius 2 is 2.42 bits per heavy atom. The average Bonchev–Trinajstić information content (AvgIpc) is 2.30. The van der Waals surface area contributed by atoms with Crippen LogP contribution in [0, 0.1) is 6.92 Å². The molecule has 0 saturated heterocycles. The number of aryl methyl sites for hydroxylation is 1. The third-order valence-electron chi connectivity index (χ3n) is 1.59. The van der Waals surface area contributed by atoms with Gasteiger partial charge in [-0.2, -0.15) is 5.10 Å². The first-order valence-corrected chi connectivity index (χ1v) is 4.23. The molecule has 0 aliphatic rings. The molecule has 0 saturated carbocycles. The average molecular weight is 232 g/mol. The highest BCUT2D eigenvalue weighted by atomic mass is 79.9. The Bertz CT molecular complexity index is 289. The summed E-state index contributed by atoms with van der Waals surface area (Å²) in [6, 6.07) is -0.727. The Morgan fingerprint density at radius 1 is 1.83 bits per heavy atom. The molecule has 5 heteroatoms. The number of aliphatic carboxylic acids is 1. The van der Waals surface area contributed by atoms with E-state index in [4.69, 9.17) is 0 Å². The normalized spacial score (nSPS) is 12.9. The minimum Gasteiger partial charge on any atom is -0.548 e.